The molecular formula is C11H16N4O. The van der Waals surface area contributed by atoms with Gasteiger partial charge in [-0.15, -0.1) is 5.10 Å². The number of ether oxygens (including phenoxy) is 1. The largest absolute Gasteiger partial charge is 0.380 e. The smallest absolute Gasteiger partial charge is 0.243 e. The summed E-state index contributed by atoms with van der Waals surface area (Å²) in [7, 11) is 0. The van der Waals surface area contributed by atoms with Crippen molar-refractivity contribution in [2.24, 2.45) is 0 Å². The maximum atomic E-state index is 5.23. The Labute approximate surface area is 94.4 Å². The van der Waals surface area contributed by atoms with Crippen LogP contribution >= 0.6 is 0 Å². The van der Waals surface area contributed by atoms with Crippen LogP contribution in [0.25, 0.3) is 5.65 Å². The summed E-state index contributed by atoms with van der Waals surface area (Å²) in [5.74, 6) is 0.647. The lowest BCUT2D eigenvalue weighted by atomic mass is 10.4. The minimum absolute atomic E-state index is 0.647. The summed E-state index contributed by atoms with van der Waals surface area (Å²) in [6.07, 6.45) is 0. The van der Waals surface area contributed by atoms with E-state index in [9.17, 15) is 0 Å². The first-order chi connectivity index (χ1) is 7.81. The molecule has 1 N–H and O–H groups in total. The number of fused-ring (bicyclic) bond motifs is 1. The highest BCUT2D eigenvalue weighted by Gasteiger charge is 2.03. The van der Waals surface area contributed by atoms with Gasteiger partial charge in [-0.3, -0.25) is 0 Å². The lowest BCUT2D eigenvalue weighted by molar-refractivity contribution is 0.158. The SMILES string of the molecule is CCOCCNc1nc2cccc(C)n2n1. The molecule has 0 saturated heterocycles. The molecule has 5 heteroatoms. The molecule has 0 fully saturated rings. The van der Waals surface area contributed by atoms with Crippen LogP contribution in [-0.4, -0.2) is 34.4 Å². The van der Waals surface area contributed by atoms with Gasteiger partial charge >= 0.3 is 0 Å². The van der Waals surface area contributed by atoms with E-state index in [1.807, 2.05) is 36.6 Å². The van der Waals surface area contributed by atoms with Gasteiger partial charge < -0.3 is 10.1 Å². The fourth-order valence-corrected chi connectivity index (χ4v) is 1.49. The quantitative estimate of drug-likeness (QED) is 0.775. The third-order valence-corrected chi connectivity index (χ3v) is 2.28. The van der Waals surface area contributed by atoms with Crippen molar-refractivity contribution >= 4 is 11.6 Å². The molecule has 2 aromatic rings. The summed E-state index contributed by atoms with van der Waals surface area (Å²) in [5, 5.41) is 7.48. The Morgan fingerprint density at radius 3 is 3.06 bits per heavy atom. The Kier molecular flexibility index (Phi) is 3.36. The Morgan fingerprint density at radius 2 is 2.31 bits per heavy atom. The van der Waals surface area contributed by atoms with Crippen LogP contribution in [0.1, 0.15) is 12.6 Å². The molecule has 5 nitrogen and oxygen atoms in total. The average Bonchev–Trinajstić information content (AvgIpc) is 2.69. The normalized spacial score (nSPS) is 10.9. The molecule has 0 amide bonds. The molecule has 2 heterocycles. The maximum absolute atomic E-state index is 5.23. The molecule has 0 aliphatic heterocycles. The first-order valence-corrected chi connectivity index (χ1v) is 5.45. The molecule has 0 aromatic carbocycles. The summed E-state index contributed by atoms with van der Waals surface area (Å²) >= 11 is 0. The lowest BCUT2D eigenvalue weighted by Crippen LogP contribution is -2.10. The van der Waals surface area contributed by atoms with E-state index in [-0.39, 0.29) is 0 Å². The number of hydrogen-bond donors (Lipinski definition) is 1. The van der Waals surface area contributed by atoms with Crippen molar-refractivity contribution < 1.29 is 4.74 Å². The summed E-state index contributed by atoms with van der Waals surface area (Å²) in [4.78, 5) is 4.36. The number of nitrogens with one attached hydrogen (secondary N) is 1. The fourth-order valence-electron chi connectivity index (χ4n) is 1.49. The highest BCUT2D eigenvalue weighted by atomic mass is 16.5. The number of aryl methyl sites for hydroxylation is 1. The average molecular weight is 220 g/mol. The van der Waals surface area contributed by atoms with E-state index in [2.05, 4.69) is 15.4 Å². The molecule has 0 aliphatic carbocycles. The molecule has 0 radical (unpaired) electrons. The summed E-state index contributed by atoms with van der Waals surface area (Å²) in [6.45, 7) is 6.12. The number of nitrogens with zero attached hydrogens (tertiary/aromatic N) is 3. The second-order valence-electron chi connectivity index (χ2n) is 3.50. The third kappa shape index (κ3) is 2.30. The highest BCUT2D eigenvalue weighted by Crippen LogP contribution is 2.07. The molecule has 0 saturated carbocycles. The van der Waals surface area contributed by atoms with Crippen LogP contribution in [0.5, 0.6) is 0 Å². The summed E-state index contributed by atoms with van der Waals surface area (Å²) in [5.41, 5.74) is 1.93. The molecule has 2 rings (SSSR count). The van der Waals surface area contributed by atoms with Crippen molar-refractivity contribution in [3.05, 3.63) is 23.9 Å². The van der Waals surface area contributed by atoms with Crippen molar-refractivity contribution in [1.29, 1.82) is 0 Å². The number of rotatable bonds is 5. The van der Waals surface area contributed by atoms with Crippen LogP contribution in [-0.2, 0) is 4.74 Å². The van der Waals surface area contributed by atoms with Gasteiger partial charge in [0.1, 0.15) is 0 Å². The maximum Gasteiger partial charge on any atom is 0.243 e. The number of anilines is 1. The van der Waals surface area contributed by atoms with E-state index in [4.69, 9.17) is 4.74 Å². The summed E-state index contributed by atoms with van der Waals surface area (Å²) in [6, 6.07) is 5.92. The Hall–Kier alpha value is -1.62. The molecule has 0 atom stereocenters. The van der Waals surface area contributed by atoms with E-state index in [1.54, 1.807) is 0 Å². The van der Waals surface area contributed by atoms with Gasteiger partial charge in [-0.1, -0.05) is 6.07 Å². The van der Waals surface area contributed by atoms with Gasteiger partial charge in [0.2, 0.25) is 5.95 Å². The zero-order valence-electron chi connectivity index (χ0n) is 9.60. The van der Waals surface area contributed by atoms with Gasteiger partial charge in [-0.2, -0.15) is 4.98 Å². The van der Waals surface area contributed by atoms with Crippen LogP contribution in [0.15, 0.2) is 18.2 Å². The molecule has 0 bridgehead atoms. The zero-order valence-corrected chi connectivity index (χ0v) is 9.60. The molecule has 0 aliphatic rings. The van der Waals surface area contributed by atoms with Crippen molar-refractivity contribution in [3.63, 3.8) is 0 Å². The Morgan fingerprint density at radius 1 is 1.44 bits per heavy atom. The zero-order chi connectivity index (χ0) is 11.4. The fraction of sp³-hybridized carbons (Fsp3) is 0.455. The topological polar surface area (TPSA) is 51.5 Å². The minimum atomic E-state index is 0.647. The van der Waals surface area contributed by atoms with Gasteiger partial charge in [0.15, 0.2) is 5.65 Å². The standard InChI is InChI=1S/C11H16N4O/c1-3-16-8-7-12-11-13-10-6-4-5-9(2)15(10)14-11/h4-6H,3,7-8H2,1-2H3,(H,12,14). The highest BCUT2D eigenvalue weighted by molar-refractivity contribution is 5.44. The molecule has 0 spiro atoms. The van der Waals surface area contributed by atoms with Crippen LogP contribution in [0, 0.1) is 6.92 Å². The minimum Gasteiger partial charge on any atom is -0.380 e. The van der Waals surface area contributed by atoms with Gasteiger partial charge in [0.25, 0.3) is 0 Å². The molecule has 16 heavy (non-hydrogen) atoms. The van der Waals surface area contributed by atoms with E-state index in [0.717, 1.165) is 24.5 Å². The van der Waals surface area contributed by atoms with Crippen molar-refractivity contribution in [2.75, 3.05) is 25.1 Å². The van der Waals surface area contributed by atoms with Crippen molar-refractivity contribution in [2.45, 2.75) is 13.8 Å². The van der Waals surface area contributed by atoms with Crippen LogP contribution < -0.4 is 5.32 Å². The van der Waals surface area contributed by atoms with Gasteiger partial charge in [-0.05, 0) is 26.0 Å². The number of aromatic nitrogens is 3. The number of hydrogen-bond acceptors (Lipinski definition) is 4. The van der Waals surface area contributed by atoms with Crippen LogP contribution in [0.3, 0.4) is 0 Å². The Balaban J connectivity index is 2.05. The van der Waals surface area contributed by atoms with Crippen LogP contribution in [0.4, 0.5) is 5.95 Å². The van der Waals surface area contributed by atoms with Crippen LogP contribution in [0.2, 0.25) is 0 Å². The Bertz CT molecular complexity index is 466. The van der Waals surface area contributed by atoms with Crippen molar-refractivity contribution in [1.82, 2.24) is 14.6 Å². The number of pyridine rings is 1. The van der Waals surface area contributed by atoms with E-state index in [1.165, 1.54) is 0 Å². The second-order valence-corrected chi connectivity index (χ2v) is 3.50. The van der Waals surface area contributed by atoms with Gasteiger partial charge in [-0.25, -0.2) is 4.52 Å². The molecule has 2 aromatic heterocycles. The summed E-state index contributed by atoms with van der Waals surface area (Å²) < 4.78 is 7.05. The first-order valence-electron chi connectivity index (χ1n) is 5.45. The molecule has 86 valence electrons. The monoisotopic (exact) mass is 220 g/mol. The van der Waals surface area contributed by atoms with Gasteiger partial charge in [0.05, 0.1) is 6.61 Å². The van der Waals surface area contributed by atoms with E-state index < -0.39 is 0 Å². The lowest BCUT2D eigenvalue weighted by Gasteiger charge is -2.00. The third-order valence-electron chi connectivity index (χ3n) is 2.28. The first kappa shape index (κ1) is 10.9. The van der Waals surface area contributed by atoms with E-state index in [0.29, 0.717) is 12.6 Å². The molecular weight excluding hydrogens is 204 g/mol. The van der Waals surface area contributed by atoms with Crippen molar-refractivity contribution in [3.8, 4) is 0 Å². The predicted molar refractivity (Wildman–Crippen MR) is 62.7 cm³/mol. The van der Waals surface area contributed by atoms with E-state index >= 15 is 0 Å². The van der Waals surface area contributed by atoms with Gasteiger partial charge in [0, 0.05) is 18.8 Å². The second kappa shape index (κ2) is 4.94. The predicted octanol–water partition coefficient (Wildman–Crippen LogP) is 1.49. The molecule has 0 unspecified atom stereocenters.